The van der Waals surface area contributed by atoms with E-state index in [1.54, 1.807) is 0 Å². The number of nitrogens with two attached hydrogens (primary N) is 1. The molecule has 0 fully saturated rings. The number of benzene rings is 1. The molecule has 2 aromatic rings. The van der Waals surface area contributed by atoms with Crippen molar-refractivity contribution in [2.75, 3.05) is 12.3 Å². The highest BCUT2D eigenvalue weighted by Gasteiger charge is 2.25. The van der Waals surface area contributed by atoms with Gasteiger partial charge in [0.1, 0.15) is 12.4 Å². The average Bonchev–Trinajstić information content (AvgIpc) is 2.46. The Morgan fingerprint density at radius 3 is 2.80 bits per heavy atom. The largest absolute Gasteiger partial charge is 0.485 e. The van der Waals surface area contributed by atoms with Crippen molar-refractivity contribution in [2.24, 2.45) is 0 Å². The predicted molar refractivity (Wildman–Crippen MR) is 73.5 cm³/mol. The summed E-state index contributed by atoms with van der Waals surface area (Å²) in [7, 11) is 0. The Kier molecular flexibility index (Phi) is 3.37. The number of hydrogen-bond acceptors (Lipinski definition) is 6. The molecule has 3 rings (SSSR count). The van der Waals surface area contributed by atoms with Crippen LogP contribution in [0.15, 0.2) is 24.3 Å². The van der Waals surface area contributed by atoms with Crippen molar-refractivity contribution in [3.8, 4) is 11.5 Å². The molecule has 2 N–H and O–H groups in total. The van der Waals surface area contributed by atoms with Crippen molar-refractivity contribution in [2.45, 2.75) is 25.9 Å². The molecule has 0 radical (unpaired) electrons. The number of nitrogen functional groups attached to an aromatic ring is 1. The van der Waals surface area contributed by atoms with Crippen LogP contribution in [0.25, 0.3) is 0 Å². The predicted octanol–water partition coefficient (Wildman–Crippen LogP) is 1.92. The zero-order valence-electron chi connectivity index (χ0n) is 11.2. The van der Waals surface area contributed by atoms with E-state index in [0.717, 1.165) is 18.6 Å². The Labute approximate surface area is 117 Å². The van der Waals surface area contributed by atoms with Crippen LogP contribution in [0.2, 0.25) is 0 Å². The highest BCUT2D eigenvalue weighted by Crippen LogP contribution is 2.34. The minimum atomic E-state index is -0.356. The van der Waals surface area contributed by atoms with Gasteiger partial charge in [0.2, 0.25) is 5.95 Å². The van der Waals surface area contributed by atoms with Crippen molar-refractivity contribution >= 4 is 5.95 Å². The van der Waals surface area contributed by atoms with E-state index < -0.39 is 0 Å². The summed E-state index contributed by atoms with van der Waals surface area (Å²) in [6.45, 7) is 2.43. The van der Waals surface area contributed by atoms with E-state index in [4.69, 9.17) is 15.2 Å². The summed E-state index contributed by atoms with van der Waals surface area (Å²) in [5.74, 6) is 2.87. The molecule has 20 heavy (non-hydrogen) atoms. The van der Waals surface area contributed by atoms with Crippen LogP contribution in [0, 0.1) is 0 Å². The number of aryl methyl sites for hydroxylation is 1. The van der Waals surface area contributed by atoms with Crippen LogP contribution in [-0.4, -0.2) is 21.6 Å². The van der Waals surface area contributed by atoms with E-state index >= 15 is 0 Å². The molecule has 2 heterocycles. The number of ether oxygens (including phenoxy) is 2. The maximum absolute atomic E-state index is 5.87. The van der Waals surface area contributed by atoms with Gasteiger partial charge in [-0.25, -0.2) is 4.98 Å². The molecular weight excluding hydrogens is 256 g/mol. The lowest BCUT2D eigenvalue weighted by Crippen LogP contribution is -2.24. The highest BCUT2D eigenvalue weighted by atomic mass is 16.6. The van der Waals surface area contributed by atoms with Gasteiger partial charge in [-0.1, -0.05) is 19.1 Å². The number of nitrogens with zero attached hydrogens (tertiary/aromatic N) is 3. The topological polar surface area (TPSA) is 83.2 Å². The van der Waals surface area contributed by atoms with E-state index in [-0.39, 0.29) is 12.1 Å². The molecule has 1 aliphatic heterocycles. The molecule has 1 atom stereocenters. The van der Waals surface area contributed by atoms with E-state index in [1.165, 1.54) is 0 Å². The van der Waals surface area contributed by atoms with E-state index in [1.807, 2.05) is 24.3 Å². The lowest BCUT2D eigenvalue weighted by molar-refractivity contribution is 0.0848. The van der Waals surface area contributed by atoms with Gasteiger partial charge < -0.3 is 15.2 Å². The molecule has 0 aliphatic carbocycles. The normalized spacial score (nSPS) is 16.9. The maximum atomic E-state index is 5.87. The first kappa shape index (κ1) is 12.7. The molecular formula is C14H16N4O2. The third-order valence-electron chi connectivity index (χ3n) is 2.99. The van der Waals surface area contributed by atoms with Crippen LogP contribution in [0.1, 0.15) is 31.1 Å². The molecule has 0 bridgehead atoms. The van der Waals surface area contributed by atoms with Gasteiger partial charge in [-0.3, -0.25) is 0 Å². The Balaban J connectivity index is 1.87. The van der Waals surface area contributed by atoms with Gasteiger partial charge in [-0.05, 0) is 18.6 Å². The third-order valence-corrected chi connectivity index (χ3v) is 2.99. The van der Waals surface area contributed by atoms with Gasteiger partial charge in [-0.2, -0.15) is 9.97 Å². The van der Waals surface area contributed by atoms with Crippen LogP contribution >= 0.6 is 0 Å². The van der Waals surface area contributed by atoms with Gasteiger partial charge in [0.15, 0.2) is 23.4 Å². The van der Waals surface area contributed by atoms with Gasteiger partial charge >= 0.3 is 0 Å². The Hall–Kier alpha value is -2.37. The summed E-state index contributed by atoms with van der Waals surface area (Å²) in [6, 6.07) is 7.53. The van der Waals surface area contributed by atoms with Crippen LogP contribution in [0.3, 0.4) is 0 Å². The fourth-order valence-electron chi connectivity index (χ4n) is 2.08. The van der Waals surface area contributed by atoms with Gasteiger partial charge in [-0.15, -0.1) is 0 Å². The van der Waals surface area contributed by atoms with Gasteiger partial charge in [0, 0.05) is 6.42 Å². The van der Waals surface area contributed by atoms with E-state index in [0.29, 0.717) is 24.0 Å². The van der Waals surface area contributed by atoms with Crippen LogP contribution < -0.4 is 15.2 Å². The molecule has 0 amide bonds. The molecule has 6 nitrogen and oxygen atoms in total. The second-order valence-electron chi connectivity index (χ2n) is 4.58. The maximum Gasteiger partial charge on any atom is 0.223 e. The highest BCUT2D eigenvalue weighted by molar-refractivity contribution is 5.41. The van der Waals surface area contributed by atoms with Gasteiger partial charge in [0.05, 0.1) is 0 Å². The second kappa shape index (κ2) is 5.32. The molecule has 6 heteroatoms. The fourth-order valence-corrected chi connectivity index (χ4v) is 2.08. The lowest BCUT2D eigenvalue weighted by atomic mass is 10.2. The smallest absolute Gasteiger partial charge is 0.223 e. The molecule has 1 aromatic carbocycles. The summed E-state index contributed by atoms with van der Waals surface area (Å²) >= 11 is 0. The van der Waals surface area contributed by atoms with Gasteiger partial charge in [0.25, 0.3) is 0 Å². The standard InChI is InChI=1S/C14H16N4O2/c1-2-5-12-16-13(18-14(15)17-12)11-8-19-9-6-3-4-7-10(9)20-11/h3-4,6-7,11H,2,5,8H2,1H3,(H2,15,16,17,18). The minimum absolute atomic E-state index is 0.223. The number of anilines is 1. The summed E-state index contributed by atoms with van der Waals surface area (Å²) in [5.41, 5.74) is 5.73. The zero-order valence-corrected chi connectivity index (χ0v) is 11.2. The summed E-state index contributed by atoms with van der Waals surface area (Å²) in [4.78, 5) is 12.7. The number of aromatic nitrogens is 3. The zero-order chi connectivity index (χ0) is 13.9. The SMILES string of the molecule is CCCc1nc(N)nc(C2COc3ccccc3O2)n1. The van der Waals surface area contributed by atoms with Crippen LogP contribution in [0.5, 0.6) is 11.5 Å². The second-order valence-corrected chi connectivity index (χ2v) is 4.58. The van der Waals surface area contributed by atoms with Crippen LogP contribution in [-0.2, 0) is 6.42 Å². The third kappa shape index (κ3) is 2.49. The average molecular weight is 272 g/mol. The Bertz CT molecular complexity index is 618. The molecule has 1 unspecified atom stereocenters. The number of para-hydroxylation sites is 2. The molecule has 0 saturated carbocycles. The first-order valence-corrected chi connectivity index (χ1v) is 6.65. The Morgan fingerprint density at radius 1 is 1.20 bits per heavy atom. The molecule has 1 aromatic heterocycles. The summed E-state index contributed by atoms with van der Waals surface area (Å²) in [6.07, 6.45) is 1.36. The monoisotopic (exact) mass is 272 g/mol. The van der Waals surface area contributed by atoms with Crippen molar-refractivity contribution in [3.05, 3.63) is 35.9 Å². The molecule has 1 aliphatic rings. The van der Waals surface area contributed by atoms with Crippen molar-refractivity contribution in [3.63, 3.8) is 0 Å². The summed E-state index contributed by atoms with van der Waals surface area (Å²) in [5, 5.41) is 0. The minimum Gasteiger partial charge on any atom is -0.485 e. The molecule has 0 spiro atoms. The number of rotatable bonds is 3. The van der Waals surface area contributed by atoms with Crippen LogP contribution in [0.4, 0.5) is 5.95 Å². The fraction of sp³-hybridized carbons (Fsp3) is 0.357. The van der Waals surface area contributed by atoms with Crippen molar-refractivity contribution < 1.29 is 9.47 Å². The van der Waals surface area contributed by atoms with E-state index in [2.05, 4.69) is 21.9 Å². The lowest BCUT2D eigenvalue weighted by Gasteiger charge is -2.25. The first-order chi connectivity index (χ1) is 9.76. The first-order valence-electron chi connectivity index (χ1n) is 6.65. The quantitative estimate of drug-likeness (QED) is 0.919. The van der Waals surface area contributed by atoms with Crippen molar-refractivity contribution in [1.82, 2.24) is 15.0 Å². The number of fused-ring (bicyclic) bond motifs is 1. The summed E-state index contributed by atoms with van der Waals surface area (Å²) < 4.78 is 11.5. The molecule has 104 valence electrons. The molecule has 0 saturated heterocycles. The van der Waals surface area contributed by atoms with Crippen molar-refractivity contribution in [1.29, 1.82) is 0 Å². The Morgan fingerprint density at radius 2 is 2.00 bits per heavy atom. The van der Waals surface area contributed by atoms with E-state index in [9.17, 15) is 0 Å². The number of hydrogen-bond donors (Lipinski definition) is 1.